The van der Waals surface area contributed by atoms with Gasteiger partial charge in [-0.25, -0.2) is 0 Å². The van der Waals surface area contributed by atoms with Gasteiger partial charge in [0.25, 0.3) is 11.8 Å². The van der Waals surface area contributed by atoms with E-state index in [9.17, 15) is 9.59 Å². The van der Waals surface area contributed by atoms with E-state index in [-0.39, 0.29) is 17.9 Å². The van der Waals surface area contributed by atoms with E-state index in [0.29, 0.717) is 27.8 Å². The quantitative estimate of drug-likeness (QED) is 0.726. The van der Waals surface area contributed by atoms with Crippen molar-refractivity contribution in [1.29, 1.82) is 0 Å². The fraction of sp³-hybridized carbons (Fsp3) is 0.238. The van der Waals surface area contributed by atoms with Gasteiger partial charge in [-0.15, -0.1) is 10.2 Å². The predicted octanol–water partition coefficient (Wildman–Crippen LogP) is 4.08. The first-order chi connectivity index (χ1) is 13.6. The normalized spacial score (nSPS) is 16.2. The maximum atomic E-state index is 12.8. The largest absolute Gasteiger partial charge is 0.329 e. The van der Waals surface area contributed by atoms with Crippen LogP contribution < -0.4 is 5.32 Å². The molecule has 1 saturated heterocycles. The molecule has 7 heteroatoms. The summed E-state index contributed by atoms with van der Waals surface area (Å²) in [6, 6.07) is 16.7. The molecule has 0 unspecified atom stereocenters. The molecule has 0 bridgehead atoms. The van der Waals surface area contributed by atoms with Crippen molar-refractivity contribution < 1.29 is 9.59 Å². The molecule has 1 aliphatic heterocycles. The molecule has 2 heterocycles. The van der Waals surface area contributed by atoms with Crippen molar-refractivity contribution in [2.75, 3.05) is 11.9 Å². The maximum absolute atomic E-state index is 12.8. The number of aromatic nitrogens is 2. The molecule has 1 N–H and O–H groups in total. The fourth-order valence-corrected chi connectivity index (χ4v) is 4.18. The molecular weight excluding hydrogens is 372 g/mol. The van der Waals surface area contributed by atoms with Crippen molar-refractivity contribution in [3.8, 4) is 0 Å². The average molecular weight is 392 g/mol. The van der Waals surface area contributed by atoms with Gasteiger partial charge in [-0.2, -0.15) is 0 Å². The molecule has 2 aromatic carbocycles. The molecule has 4 rings (SSSR count). The molecule has 0 saturated carbocycles. The van der Waals surface area contributed by atoms with Gasteiger partial charge in [0.2, 0.25) is 5.01 Å². The highest BCUT2D eigenvalue weighted by atomic mass is 32.1. The zero-order valence-electron chi connectivity index (χ0n) is 15.5. The summed E-state index contributed by atoms with van der Waals surface area (Å²) < 4.78 is 0. The van der Waals surface area contributed by atoms with Crippen LogP contribution in [0.3, 0.4) is 0 Å². The van der Waals surface area contributed by atoms with E-state index in [4.69, 9.17) is 0 Å². The van der Waals surface area contributed by atoms with Gasteiger partial charge in [0, 0.05) is 17.8 Å². The molecule has 0 aliphatic carbocycles. The molecular formula is C21H20N4O2S. The highest BCUT2D eigenvalue weighted by Crippen LogP contribution is 2.34. The van der Waals surface area contributed by atoms with Crippen LogP contribution >= 0.6 is 11.3 Å². The lowest BCUT2D eigenvalue weighted by Gasteiger charge is -2.22. The number of anilines is 1. The van der Waals surface area contributed by atoms with Gasteiger partial charge in [0.05, 0.1) is 6.04 Å². The monoisotopic (exact) mass is 392 g/mol. The van der Waals surface area contributed by atoms with Gasteiger partial charge >= 0.3 is 0 Å². The maximum Gasteiger partial charge on any atom is 0.286 e. The van der Waals surface area contributed by atoms with Gasteiger partial charge in [-0.3, -0.25) is 9.59 Å². The number of carbonyl (C=O) groups is 2. The van der Waals surface area contributed by atoms with E-state index in [1.54, 1.807) is 0 Å². The first kappa shape index (κ1) is 18.3. The van der Waals surface area contributed by atoms with E-state index >= 15 is 0 Å². The average Bonchev–Trinajstić information content (AvgIpc) is 3.39. The van der Waals surface area contributed by atoms with E-state index in [0.717, 1.165) is 18.4 Å². The third kappa shape index (κ3) is 3.80. The molecule has 28 heavy (non-hydrogen) atoms. The van der Waals surface area contributed by atoms with Crippen LogP contribution in [0.5, 0.6) is 0 Å². The van der Waals surface area contributed by atoms with E-state index in [1.165, 1.54) is 11.3 Å². The number of hydrogen-bond acceptors (Lipinski definition) is 5. The minimum atomic E-state index is -0.286. The van der Waals surface area contributed by atoms with E-state index in [2.05, 4.69) is 15.5 Å². The Bertz CT molecular complexity index is 985. The Labute approximate surface area is 167 Å². The number of benzene rings is 2. The topological polar surface area (TPSA) is 75.2 Å². The van der Waals surface area contributed by atoms with Gasteiger partial charge in [0.1, 0.15) is 5.01 Å². The second-order valence-electron chi connectivity index (χ2n) is 6.79. The number of nitrogens with one attached hydrogen (secondary N) is 1. The Morgan fingerprint density at radius 3 is 2.57 bits per heavy atom. The SMILES string of the molecule is Cc1ccc(NC(=O)c2nnc([C@H]3CCCN3C(=O)c3ccccc3)s2)cc1. The molecule has 1 aromatic heterocycles. The van der Waals surface area contributed by atoms with Crippen molar-refractivity contribution >= 4 is 28.8 Å². The van der Waals surface area contributed by atoms with Crippen LogP contribution in [0.25, 0.3) is 0 Å². The molecule has 2 amide bonds. The lowest BCUT2D eigenvalue weighted by molar-refractivity contribution is 0.0735. The zero-order chi connectivity index (χ0) is 19.5. The summed E-state index contributed by atoms with van der Waals surface area (Å²) >= 11 is 1.25. The third-order valence-corrected chi connectivity index (χ3v) is 5.79. The van der Waals surface area contributed by atoms with Crippen LogP contribution in [-0.4, -0.2) is 33.5 Å². The van der Waals surface area contributed by atoms with Crippen molar-refractivity contribution in [3.63, 3.8) is 0 Å². The number of carbonyl (C=O) groups excluding carboxylic acids is 2. The summed E-state index contributed by atoms with van der Waals surface area (Å²) in [7, 11) is 0. The smallest absolute Gasteiger partial charge is 0.286 e. The molecule has 6 nitrogen and oxygen atoms in total. The molecule has 142 valence electrons. The van der Waals surface area contributed by atoms with Crippen LogP contribution in [0.15, 0.2) is 54.6 Å². The summed E-state index contributed by atoms with van der Waals surface area (Å²) in [5, 5.41) is 12.1. The number of amides is 2. The van der Waals surface area contributed by atoms with Gasteiger partial charge in [0.15, 0.2) is 0 Å². The van der Waals surface area contributed by atoms with E-state index < -0.39 is 0 Å². The number of nitrogens with zero attached hydrogens (tertiary/aromatic N) is 3. The summed E-state index contributed by atoms with van der Waals surface area (Å²) in [6.45, 7) is 2.68. The number of aryl methyl sites for hydroxylation is 1. The summed E-state index contributed by atoms with van der Waals surface area (Å²) in [5.74, 6) is -0.296. The molecule has 1 aliphatic rings. The Kier molecular flexibility index (Phi) is 5.16. The minimum Gasteiger partial charge on any atom is -0.329 e. The van der Waals surface area contributed by atoms with Gasteiger partial charge in [-0.05, 0) is 44.0 Å². The number of hydrogen-bond donors (Lipinski definition) is 1. The number of likely N-dealkylation sites (tertiary alicyclic amines) is 1. The molecule has 3 aromatic rings. The lowest BCUT2D eigenvalue weighted by Crippen LogP contribution is -2.30. The van der Waals surface area contributed by atoms with Crippen LogP contribution in [0, 0.1) is 6.92 Å². The zero-order valence-corrected chi connectivity index (χ0v) is 16.3. The fourth-order valence-electron chi connectivity index (χ4n) is 3.30. The molecule has 1 fully saturated rings. The Hall–Kier alpha value is -3.06. The van der Waals surface area contributed by atoms with Crippen LogP contribution in [0.4, 0.5) is 5.69 Å². The predicted molar refractivity (Wildman–Crippen MR) is 108 cm³/mol. The third-order valence-electron chi connectivity index (χ3n) is 4.76. The lowest BCUT2D eigenvalue weighted by atomic mass is 10.2. The summed E-state index contributed by atoms with van der Waals surface area (Å²) in [5.41, 5.74) is 2.51. The second-order valence-corrected chi connectivity index (χ2v) is 7.80. The molecule has 1 atom stereocenters. The van der Waals surface area contributed by atoms with Crippen molar-refractivity contribution in [3.05, 3.63) is 75.7 Å². The van der Waals surface area contributed by atoms with Crippen LogP contribution in [0.1, 0.15) is 49.6 Å². The second kappa shape index (κ2) is 7.90. The summed E-state index contributed by atoms with van der Waals surface area (Å²) in [4.78, 5) is 27.2. The first-order valence-electron chi connectivity index (χ1n) is 9.19. The first-order valence-corrected chi connectivity index (χ1v) is 10.0. The number of rotatable bonds is 4. The van der Waals surface area contributed by atoms with E-state index in [1.807, 2.05) is 66.4 Å². The minimum absolute atomic E-state index is 0.0102. The van der Waals surface area contributed by atoms with Crippen molar-refractivity contribution in [2.45, 2.75) is 25.8 Å². The van der Waals surface area contributed by atoms with Crippen molar-refractivity contribution in [1.82, 2.24) is 15.1 Å². The molecule has 0 spiro atoms. The Balaban J connectivity index is 1.49. The Morgan fingerprint density at radius 2 is 1.82 bits per heavy atom. The Morgan fingerprint density at radius 1 is 1.07 bits per heavy atom. The van der Waals surface area contributed by atoms with Crippen molar-refractivity contribution in [2.24, 2.45) is 0 Å². The highest BCUT2D eigenvalue weighted by Gasteiger charge is 2.33. The van der Waals surface area contributed by atoms with Crippen LogP contribution in [0.2, 0.25) is 0 Å². The molecule has 0 radical (unpaired) electrons. The van der Waals surface area contributed by atoms with Gasteiger partial charge in [-0.1, -0.05) is 47.2 Å². The van der Waals surface area contributed by atoms with Gasteiger partial charge < -0.3 is 10.2 Å². The standard InChI is InChI=1S/C21H20N4O2S/c1-14-9-11-16(12-10-14)22-18(26)20-24-23-19(28-20)17-8-5-13-25(17)21(27)15-6-3-2-4-7-15/h2-4,6-7,9-12,17H,5,8,13H2,1H3,(H,22,26)/t17-/m1/s1. The highest BCUT2D eigenvalue weighted by molar-refractivity contribution is 7.13. The van der Waals surface area contributed by atoms with Crippen LogP contribution in [-0.2, 0) is 0 Å². The summed E-state index contributed by atoms with van der Waals surface area (Å²) in [6.07, 6.45) is 1.74.